The van der Waals surface area contributed by atoms with Gasteiger partial charge in [0.25, 0.3) is 5.91 Å². The predicted octanol–water partition coefficient (Wildman–Crippen LogP) is 4.46. The molecule has 0 spiro atoms. The van der Waals surface area contributed by atoms with Gasteiger partial charge in [-0.15, -0.1) is 11.3 Å². The van der Waals surface area contributed by atoms with Gasteiger partial charge < -0.3 is 15.4 Å². The van der Waals surface area contributed by atoms with Crippen LogP contribution in [0.2, 0.25) is 0 Å². The highest BCUT2D eigenvalue weighted by Crippen LogP contribution is 2.32. The average molecular weight is 421 g/mol. The van der Waals surface area contributed by atoms with Crippen LogP contribution in [0.4, 0.5) is 18.9 Å². The molecule has 9 heteroatoms. The van der Waals surface area contributed by atoms with Crippen LogP contribution in [-0.4, -0.2) is 30.1 Å². The molecule has 2 aromatic carbocycles. The number of ether oxygens (including phenoxy) is 1. The number of aromatic nitrogens is 1. The zero-order valence-electron chi connectivity index (χ0n) is 15.3. The molecule has 3 aromatic rings. The molecule has 1 aromatic heterocycles. The summed E-state index contributed by atoms with van der Waals surface area (Å²) in [6.45, 7) is 1.40. The van der Waals surface area contributed by atoms with Crippen LogP contribution in [0.25, 0.3) is 10.2 Å². The number of amides is 1. The summed E-state index contributed by atoms with van der Waals surface area (Å²) >= 11 is 1.23. The van der Waals surface area contributed by atoms with E-state index in [1.54, 1.807) is 6.07 Å². The molecule has 0 unspecified atom stereocenters. The van der Waals surface area contributed by atoms with Gasteiger partial charge in [0, 0.05) is 31.6 Å². The number of thiazole rings is 1. The quantitative estimate of drug-likeness (QED) is 0.675. The minimum absolute atomic E-state index is 0.0154. The van der Waals surface area contributed by atoms with Crippen LogP contribution >= 0.6 is 11.3 Å². The average Bonchev–Trinajstić information content (AvgIpc) is 3.12. The number of carbonyl (C=O) groups is 1. The first-order valence-electron chi connectivity index (χ1n) is 9.09. The van der Waals surface area contributed by atoms with Crippen molar-refractivity contribution in [2.75, 3.05) is 18.0 Å². The molecule has 0 saturated carbocycles. The van der Waals surface area contributed by atoms with Gasteiger partial charge in [0.05, 0.1) is 15.8 Å². The number of piperidine rings is 1. The highest BCUT2D eigenvalue weighted by molar-refractivity contribution is 7.20. The lowest BCUT2D eigenvalue weighted by atomic mass is 10.1. The lowest BCUT2D eigenvalue weighted by Crippen LogP contribution is -2.38. The fraction of sp³-hybridized carbons (Fsp3) is 0.300. The molecular weight excluding hydrogens is 403 g/mol. The first kappa shape index (κ1) is 19.5. The van der Waals surface area contributed by atoms with Crippen LogP contribution in [0.3, 0.4) is 0 Å². The van der Waals surface area contributed by atoms with Crippen LogP contribution < -0.4 is 15.4 Å². The standard InChI is InChI=1S/C20H18F3N3O2S/c21-20(22,23)12-1-3-13(4-2-12)26-9-7-14(8-10-26)28-15-5-6-16-17(11-15)29-19(25-16)18(24)27/h1-6,11,14H,7-10H2,(H2,24,27). The number of hydrogen-bond acceptors (Lipinski definition) is 5. The predicted molar refractivity (Wildman–Crippen MR) is 105 cm³/mol. The van der Waals surface area contributed by atoms with E-state index < -0.39 is 17.6 Å². The Hall–Kier alpha value is -2.81. The van der Waals surface area contributed by atoms with Crippen molar-refractivity contribution in [1.82, 2.24) is 4.98 Å². The van der Waals surface area contributed by atoms with Gasteiger partial charge in [-0.3, -0.25) is 4.79 Å². The van der Waals surface area contributed by atoms with Crippen molar-refractivity contribution in [2.45, 2.75) is 25.1 Å². The minimum Gasteiger partial charge on any atom is -0.490 e. The van der Waals surface area contributed by atoms with E-state index >= 15 is 0 Å². The summed E-state index contributed by atoms with van der Waals surface area (Å²) in [4.78, 5) is 17.5. The molecule has 1 saturated heterocycles. The zero-order valence-corrected chi connectivity index (χ0v) is 16.1. The van der Waals surface area contributed by atoms with Crippen LogP contribution in [0.15, 0.2) is 42.5 Å². The molecule has 0 atom stereocenters. The molecule has 4 rings (SSSR count). The number of benzene rings is 2. The maximum Gasteiger partial charge on any atom is 0.416 e. The van der Waals surface area contributed by atoms with Gasteiger partial charge in [-0.25, -0.2) is 4.98 Å². The molecule has 1 aliphatic rings. The third-order valence-corrected chi connectivity index (χ3v) is 5.91. The highest BCUT2D eigenvalue weighted by Gasteiger charge is 2.30. The summed E-state index contributed by atoms with van der Waals surface area (Å²) in [6.07, 6.45) is -2.79. The maximum atomic E-state index is 12.7. The summed E-state index contributed by atoms with van der Waals surface area (Å²) in [5.74, 6) is 0.148. The molecule has 0 aliphatic carbocycles. The summed E-state index contributed by atoms with van der Waals surface area (Å²) in [7, 11) is 0. The van der Waals surface area contributed by atoms with E-state index in [0.717, 1.165) is 35.4 Å². The van der Waals surface area contributed by atoms with Crippen molar-refractivity contribution in [2.24, 2.45) is 5.73 Å². The second-order valence-corrected chi connectivity index (χ2v) is 7.89. The van der Waals surface area contributed by atoms with Crippen molar-refractivity contribution >= 4 is 33.1 Å². The normalized spacial score (nSPS) is 15.6. The van der Waals surface area contributed by atoms with E-state index in [-0.39, 0.29) is 11.1 Å². The second kappa shape index (κ2) is 7.55. The van der Waals surface area contributed by atoms with Crippen molar-refractivity contribution in [3.8, 4) is 5.75 Å². The number of halogens is 3. The van der Waals surface area contributed by atoms with Crippen molar-refractivity contribution in [3.05, 3.63) is 53.0 Å². The smallest absolute Gasteiger partial charge is 0.416 e. The molecule has 2 heterocycles. The number of fused-ring (bicyclic) bond motifs is 1. The molecule has 1 fully saturated rings. The van der Waals surface area contributed by atoms with Crippen molar-refractivity contribution in [1.29, 1.82) is 0 Å². The maximum absolute atomic E-state index is 12.7. The molecule has 152 valence electrons. The Morgan fingerprint density at radius 2 is 1.83 bits per heavy atom. The van der Waals surface area contributed by atoms with Gasteiger partial charge in [-0.2, -0.15) is 13.2 Å². The lowest BCUT2D eigenvalue weighted by Gasteiger charge is -2.33. The molecule has 5 nitrogen and oxygen atoms in total. The number of alkyl halides is 3. The second-order valence-electron chi connectivity index (χ2n) is 6.86. The minimum atomic E-state index is -4.32. The molecule has 0 radical (unpaired) electrons. The first-order valence-corrected chi connectivity index (χ1v) is 9.90. The number of nitrogens with two attached hydrogens (primary N) is 1. The lowest BCUT2D eigenvalue weighted by molar-refractivity contribution is -0.137. The Morgan fingerprint density at radius 3 is 2.45 bits per heavy atom. The molecule has 1 aliphatic heterocycles. The molecule has 29 heavy (non-hydrogen) atoms. The van der Waals surface area contributed by atoms with Crippen molar-refractivity contribution in [3.63, 3.8) is 0 Å². The summed E-state index contributed by atoms with van der Waals surface area (Å²) in [6, 6.07) is 10.7. The van der Waals surface area contributed by atoms with E-state index in [2.05, 4.69) is 9.88 Å². The molecule has 1 amide bonds. The summed E-state index contributed by atoms with van der Waals surface area (Å²) in [5, 5.41) is 0.266. The molecular formula is C20H18F3N3O2S. The number of carbonyl (C=O) groups excluding carboxylic acids is 1. The monoisotopic (exact) mass is 421 g/mol. The highest BCUT2D eigenvalue weighted by atomic mass is 32.1. The third kappa shape index (κ3) is 4.29. The van der Waals surface area contributed by atoms with Gasteiger partial charge in [-0.1, -0.05) is 0 Å². The van der Waals surface area contributed by atoms with Gasteiger partial charge in [-0.05, 0) is 42.5 Å². The molecule has 2 N–H and O–H groups in total. The number of rotatable bonds is 4. The SMILES string of the molecule is NC(=O)c1nc2ccc(OC3CCN(c4ccc(C(F)(F)F)cc4)CC3)cc2s1. The van der Waals surface area contributed by atoms with Gasteiger partial charge in [0.2, 0.25) is 0 Å². The van der Waals surface area contributed by atoms with E-state index in [1.807, 2.05) is 12.1 Å². The number of anilines is 1. The summed E-state index contributed by atoms with van der Waals surface area (Å²) < 4.78 is 45.0. The Morgan fingerprint density at radius 1 is 1.14 bits per heavy atom. The number of hydrogen-bond donors (Lipinski definition) is 1. The number of primary amides is 1. The fourth-order valence-corrected chi connectivity index (χ4v) is 4.22. The zero-order chi connectivity index (χ0) is 20.6. The van der Waals surface area contributed by atoms with Gasteiger partial charge in [0.1, 0.15) is 11.9 Å². The van der Waals surface area contributed by atoms with E-state index in [1.165, 1.54) is 23.5 Å². The Kier molecular flexibility index (Phi) is 5.08. The Bertz CT molecular complexity index is 1030. The first-order chi connectivity index (χ1) is 13.8. The van der Waals surface area contributed by atoms with E-state index in [9.17, 15) is 18.0 Å². The van der Waals surface area contributed by atoms with Crippen LogP contribution in [-0.2, 0) is 6.18 Å². The summed E-state index contributed by atoms with van der Waals surface area (Å²) in [5.41, 5.74) is 6.11. The fourth-order valence-electron chi connectivity index (χ4n) is 3.37. The van der Waals surface area contributed by atoms with Gasteiger partial charge in [0.15, 0.2) is 5.01 Å². The Balaban J connectivity index is 1.37. The molecule has 0 bridgehead atoms. The Labute approximate surface area is 168 Å². The van der Waals surface area contributed by atoms with Crippen LogP contribution in [0.5, 0.6) is 5.75 Å². The van der Waals surface area contributed by atoms with Crippen molar-refractivity contribution < 1.29 is 22.7 Å². The van der Waals surface area contributed by atoms with Gasteiger partial charge >= 0.3 is 6.18 Å². The van der Waals surface area contributed by atoms with E-state index in [0.29, 0.717) is 24.4 Å². The largest absolute Gasteiger partial charge is 0.490 e. The third-order valence-electron chi connectivity index (χ3n) is 4.88. The van der Waals surface area contributed by atoms with Crippen LogP contribution in [0, 0.1) is 0 Å². The van der Waals surface area contributed by atoms with Crippen LogP contribution in [0.1, 0.15) is 28.2 Å². The topological polar surface area (TPSA) is 68.5 Å². The number of nitrogens with zero attached hydrogens (tertiary/aromatic N) is 2. The van der Waals surface area contributed by atoms with E-state index in [4.69, 9.17) is 10.5 Å².